The molecule has 1 rings (SSSR count). The minimum absolute atomic E-state index is 0.0948. The molecule has 0 spiro atoms. The predicted octanol–water partition coefficient (Wildman–Crippen LogP) is 1.66. The van der Waals surface area contributed by atoms with Crippen LogP contribution in [0.4, 0.5) is 0 Å². The molecule has 0 saturated heterocycles. The summed E-state index contributed by atoms with van der Waals surface area (Å²) < 4.78 is 5.00. The van der Waals surface area contributed by atoms with Crippen LogP contribution in [-0.4, -0.2) is 23.3 Å². The minimum atomic E-state index is -1.14. The lowest BCUT2D eigenvalue weighted by Gasteiger charge is -2.08. The van der Waals surface area contributed by atoms with E-state index in [0.29, 0.717) is 12.2 Å². The van der Waals surface area contributed by atoms with Crippen LogP contribution in [0, 0.1) is 0 Å². The van der Waals surface area contributed by atoms with Crippen LogP contribution >= 0.6 is 0 Å². The number of benzene rings is 1. The summed E-state index contributed by atoms with van der Waals surface area (Å²) in [6, 6.07) is 2.75. The van der Waals surface area contributed by atoms with Gasteiger partial charge in [-0.1, -0.05) is 6.92 Å². The van der Waals surface area contributed by atoms with Crippen molar-refractivity contribution in [2.75, 3.05) is 7.11 Å². The first-order chi connectivity index (χ1) is 6.60. The highest BCUT2D eigenvalue weighted by atomic mass is 16.5. The van der Waals surface area contributed by atoms with Gasteiger partial charge in [-0.3, -0.25) is 0 Å². The van der Waals surface area contributed by atoms with Gasteiger partial charge in [-0.2, -0.15) is 0 Å². The zero-order valence-electron chi connectivity index (χ0n) is 8.07. The maximum atomic E-state index is 10.7. The van der Waals surface area contributed by atoms with E-state index in [0.717, 1.165) is 5.56 Å². The van der Waals surface area contributed by atoms with E-state index in [-0.39, 0.29) is 11.3 Å². The number of aryl methyl sites for hydroxylation is 1. The van der Waals surface area contributed by atoms with Crippen molar-refractivity contribution in [3.05, 3.63) is 23.3 Å². The Morgan fingerprint density at radius 2 is 2.14 bits per heavy atom. The molecule has 0 aliphatic carbocycles. The molecule has 0 aliphatic rings. The summed E-state index contributed by atoms with van der Waals surface area (Å²) in [6.45, 7) is 1.89. The molecule has 4 nitrogen and oxygen atoms in total. The first-order valence-electron chi connectivity index (χ1n) is 4.23. The van der Waals surface area contributed by atoms with Crippen molar-refractivity contribution in [2.45, 2.75) is 13.3 Å². The van der Waals surface area contributed by atoms with Crippen molar-refractivity contribution >= 4 is 5.97 Å². The lowest BCUT2D eigenvalue weighted by atomic mass is 10.1. The van der Waals surface area contributed by atoms with Gasteiger partial charge in [0, 0.05) is 6.07 Å². The molecule has 0 aliphatic heterocycles. The van der Waals surface area contributed by atoms with E-state index < -0.39 is 5.97 Å². The van der Waals surface area contributed by atoms with Crippen molar-refractivity contribution in [2.24, 2.45) is 0 Å². The molecule has 1 aromatic carbocycles. The van der Waals surface area contributed by atoms with E-state index in [2.05, 4.69) is 0 Å². The van der Waals surface area contributed by atoms with E-state index in [4.69, 9.17) is 9.84 Å². The molecule has 0 radical (unpaired) electrons. The van der Waals surface area contributed by atoms with Crippen molar-refractivity contribution in [1.82, 2.24) is 0 Å². The fourth-order valence-electron chi connectivity index (χ4n) is 1.25. The second-order valence-electron chi connectivity index (χ2n) is 2.84. The molecule has 76 valence electrons. The molecule has 0 unspecified atom stereocenters. The molecule has 0 saturated carbocycles. The fourth-order valence-corrected chi connectivity index (χ4v) is 1.25. The number of methoxy groups -OCH3 is 1. The van der Waals surface area contributed by atoms with Crippen LogP contribution in [0.5, 0.6) is 11.5 Å². The van der Waals surface area contributed by atoms with E-state index in [9.17, 15) is 9.90 Å². The first kappa shape index (κ1) is 10.4. The number of carboxylic acid groups (broad SMARTS) is 1. The Balaban J connectivity index is 3.30. The van der Waals surface area contributed by atoms with Crippen molar-refractivity contribution in [3.8, 4) is 11.5 Å². The van der Waals surface area contributed by atoms with Gasteiger partial charge in [0.1, 0.15) is 17.1 Å². The molecular formula is C10H12O4. The summed E-state index contributed by atoms with van der Waals surface area (Å²) in [5, 5.41) is 18.1. The van der Waals surface area contributed by atoms with Gasteiger partial charge in [0.2, 0.25) is 0 Å². The summed E-state index contributed by atoms with van der Waals surface area (Å²) in [6.07, 6.45) is 0.656. The average molecular weight is 196 g/mol. The standard InChI is InChI=1S/C10H12O4/c1-3-6-4-7(10(12)13)8(11)5-9(6)14-2/h4-5,11H,3H2,1-2H3,(H,12,13). The maximum absolute atomic E-state index is 10.7. The SMILES string of the molecule is CCc1cc(C(=O)O)c(O)cc1OC. The zero-order chi connectivity index (χ0) is 10.7. The van der Waals surface area contributed by atoms with Gasteiger partial charge in [-0.15, -0.1) is 0 Å². The number of carbonyl (C=O) groups is 1. The lowest BCUT2D eigenvalue weighted by molar-refractivity contribution is 0.0693. The molecule has 0 bridgehead atoms. The smallest absolute Gasteiger partial charge is 0.339 e. The number of phenols is 1. The maximum Gasteiger partial charge on any atom is 0.339 e. The number of hydrogen-bond donors (Lipinski definition) is 2. The second-order valence-corrected chi connectivity index (χ2v) is 2.84. The molecule has 0 atom stereocenters. The highest BCUT2D eigenvalue weighted by molar-refractivity contribution is 5.91. The molecule has 2 N–H and O–H groups in total. The first-order valence-corrected chi connectivity index (χ1v) is 4.23. The Morgan fingerprint density at radius 3 is 2.57 bits per heavy atom. The quantitative estimate of drug-likeness (QED) is 0.771. The number of hydrogen-bond acceptors (Lipinski definition) is 3. The monoisotopic (exact) mass is 196 g/mol. The van der Waals surface area contributed by atoms with E-state index in [1.807, 2.05) is 6.92 Å². The van der Waals surface area contributed by atoms with Gasteiger partial charge in [-0.05, 0) is 18.1 Å². The third kappa shape index (κ3) is 1.79. The van der Waals surface area contributed by atoms with Crippen LogP contribution in [0.15, 0.2) is 12.1 Å². The van der Waals surface area contributed by atoms with Crippen LogP contribution in [0.1, 0.15) is 22.8 Å². The number of ether oxygens (including phenoxy) is 1. The third-order valence-corrected chi connectivity index (χ3v) is 2.01. The number of aromatic hydroxyl groups is 1. The van der Waals surface area contributed by atoms with Gasteiger partial charge >= 0.3 is 5.97 Å². The Bertz CT molecular complexity index is 357. The summed E-state index contributed by atoms with van der Waals surface area (Å²) in [7, 11) is 1.48. The Morgan fingerprint density at radius 1 is 1.50 bits per heavy atom. The van der Waals surface area contributed by atoms with Crippen molar-refractivity contribution in [3.63, 3.8) is 0 Å². The van der Waals surface area contributed by atoms with E-state index >= 15 is 0 Å². The highest BCUT2D eigenvalue weighted by Crippen LogP contribution is 2.28. The Kier molecular flexibility index (Phi) is 2.96. The summed E-state index contributed by atoms with van der Waals surface area (Å²) in [5.74, 6) is -0.901. The topological polar surface area (TPSA) is 66.8 Å². The molecule has 0 heterocycles. The van der Waals surface area contributed by atoms with E-state index in [1.54, 1.807) is 0 Å². The predicted molar refractivity (Wildman–Crippen MR) is 51.0 cm³/mol. The van der Waals surface area contributed by atoms with Gasteiger partial charge < -0.3 is 14.9 Å². The molecule has 0 amide bonds. The van der Waals surface area contributed by atoms with Crippen LogP contribution < -0.4 is 4.74 Å². The molecule has 4 heteroatoms. The molecule has 14 heavy (non-hydrogen) atoms. The van der Waals surface area contributed by atoms with Crippen molar-refractivity contribution < 1.29 is 19.7 Å². The van der Waals surface area contributed by atoms with E-state index in [1.165, 1.54) is 19.2 Å². The second kappa shape index (κ2) is 4.00. The normalized spacial score (nSPS) is 9.86. The number of aromatic carboxylic acids is 1. The molecule has 1 aromatic rings. The molecule has 0 aromatic heterocycles. The Hall–Kier alpha value is -1.71. The van der Waals surface area contributed by atoms with Gasteiger partial charge in [0.05, 0.1) is 7.11 Å². The highest BCUT2D eigenvalue weighted by Gasteiger charge is 2.13. The van der Waals surface area contributed by atoms with Crippen molar-refractivity contribution in [1.29, 1.82) is 0 Å². The van der Waals surface area contributed by atoms with Crippen LogP contribution in [0.3, 0.4) is 0 Å². The summed E-state index contributed by atoms with van der Waals surface area (Å²) >= 11 is 0. The lowest BCUT2D eigenvalue weighted by Crippen LogP contribution is -2.00. The Labute approximate surface area is 81.8 Å². The fraction of sp³-hybridized carbons (Fsp3) is 0.300. The van der Waals surface area contributed by atoms with Gasteiger partial charge in [0.15, 0.2) is 0 Å². The van der Waals surface area contributed by atoms with Gasteiger partial charge in [0.25, 0.3) is 0 Å². The average Bonchev–Trinajstić information content (AvgIpc) is 2.16. The minimum Gasteiger partial charge on any atom is -0.507 e. The third-order valence-electron chi connectivity index (χ3n) is 2.01. The van der Waals surface area contributed by atoms with Crippen LogP contribution in [0.2, 0.25) is 0 Å². The number of rotatable bonds is 3. The zero-order valence-corrected chi connectivity index (χ0v) is 8.07. The summed E-state index contributed by atoms with van der Waals surface area (Å²) in [5.41, 5.74) is 0.672. The van der Waals surface area contributed by atoms with Gasteiger partial charge in [-0.25, -0.2) is 4.79 Å². The van der Waals surface area contributed by atoms with Crippen LogP contribution in [0.25, 0.3) is 0 Å². The van der Waals surface area contributed by atoms with Crippen LogP contribution in [-0.2, 0) is 6.42 Å². The molecule has 0 fully saturated rings. The molecular weight excluding hydrogens is 184 g/mol. The summed E-state index contributed by atoms with van der Waals surface area (Å²) in [4.78, 5) is 10.7. The number of carboxylic acids is 1. The largest absolute Gasteiger partial charge is 0.507 e.